The summed E-state index contributed by atoms with van der Waals surface area (Å²) in [5.74, 6) is -0.913. The fourth-order valence-corrected chi connectivity index (χ4v) is 3.90. The predicted molar refractivity (Wildman–Crippen MR) is 78.1 cm³/mol. The molecule has 0 spiro atoms. The van der Waals surface area contributed by atoms with Crippen LogP contribution in [0.3, 0.4) is 0 Å². The summed E-state index contributed by atoms with van der Waals surface area (Å²) in [7, 11) is -3.14. The van der Waals surface area contributed by atoms with Gasteiger partial charge in [-0.3, -0.25) is 0 Å². The summed E-state index contributed by atoms with van der Waals surface area (Å²) >= 11 is 3.22. The summed E-state index contributed by atoms with van der Waals surface area (Å²) in [4.78, 5) is 10.8. The second-order valence-electron chi connectivity index (χ2n) is 4.41. The molecule has 0 aromatic heterocycles. The second kappa shape index (κ2) is 7.05. The largest absolute Gasteiger partial charge is 0.478 e. The minimum Gasteiger partial charge on any atom is -0.478 e. The molecule has 0 radical (unpaired) electrons. The van der Waals surface area contributed by atoms with Crippen molar-refractivity contribution in [2.24, 2.45) is 0 Å². The Morgan fingerprint density at radius 3 is 2.53 bits per heavy atom. The number of hydrogen-bond donors (Lipinski definition) is 1. The van der Waals surface area contributed by atoms with Crippen LogP contribution in [0.2, 0.25) is 0 Å². The molecule has 0 saturated heterocycles. The third-order valence-corrected chi connectivity index (χ3v) is 5.13. The summed E-state index contributed by atoms with van der Waals surface area (Å²) < 4.78 is 24.3. The Morgan fingerprint density at radius 1 is 1.32 bits per heavy atom. The van der Waals surface area contributed by atoms with Gasteiger partial charge in [-0.25, -0.2) is 13.2 Å². The van der Waals surface area contributed by atoms with E-state index in [9.17, 15) is 13.2 Å². The van der Waals surface area contributed by atoms with E-state index in [1.54, 1.807) is 6.07 Å². The molecule has 0 amide bonds. The van der Waals surface area contributed by atoms with Crippen LogP contribution in [0.1, 0.15) is 42.1 Å². The molecule has 6 heteroatoms. The number of carboxylic acid groups (broad SMARTS) is 1. The van der Waals surface area contributed by atoms with Crippen LogP contribution in [0, 0.1) is 0 Å². The maximum absolute atomic E-state index is 11.9. The summed E-state index contributed by atoms with van der Waals surface area (Å²) in [5.41, 5.74) is 0.737. The van der Waals surface area contributed by atoms with Gasteiger partial charge in [0.2, 0.25) is 0 Å². The Kier molecular flexibility index (Phi) is 6.00. The van der Waals surface area contributed by atoms with Crippen molar-refractivity contribution in [3.8, 4) is 0 Å². The third kappa shape index (κ3) is 5.32. The van der Waals surface area contributed by atoms with E-state index in [0.717, 1.165) is 12.8 Å². The number of halogens is 1. The van der Waals surface area contributed by atoms with Gasteiger partial charge >= 0.3 is 5.97 Å². The van der Waals surface area contributed by atoms with E-state index in [-0.39, 0.29) is 17.1 Å². The lowest BCUT2D eigenvalue weighted by Gasteiger charge is -2.07. The van der Waals surface area contributed by atoms with Gasteiger partial charge in [-0.1, -0.05) is 41.8 Å². The van der Waals surface area contributed by atoms with Crippen LogP contribution in [0.5, 0.6) is 0 Å². The highest BCUT2D eigenvalue weighted by molar-refractivity contribution is 9.10. The minimum absolute atomic E-state index is 0.0583. The van der Waals surface area contributed by atoms with Gasteiger partial charge in [0.15, 0.2) is 9.84 Å². The molecule has 1 aromatic rings. The molecule has 0 aliphatic carbocycles. The Balaban J connectivity index is 2.79. The van der Waals surface area contributed by atoms with E-state index in [0.29, 0.717) is 16.5 Å². The lowest BCUT2D eigenvalue weighted by atomic mass is 10.1. The molecule has 19 heavy (non-hydrogen) atoms. The Hall–Kier alpha value is -0.880. The first-order valence-corrected chi connectivity index (χ1v) is 8.69. The van der Waals surface area contributed by atoms with Gasteiger partial charge in [-0.15, -0.1) is 0 Å². The minimum atomic E-state index is -3.14. The molecule has 0 atom stereocenters. The SMILES string of the molecule is CCCCCS(=O)(=O)Cc1ccc(C(=O)O)cc1Br. The molecular weight excluding hydrogens is 332 g/mol. The molecule has 106 valence electrons. The summed E-state index contributed by atoms with van der Waals surface area (Å²) in [6, 6.07) is 4.40. The molecule has 0 saturated carbocycles. The van der Waals surface area contributed by atoms with Crippen molar-refractivity contribution in [2.45, 2.75) is 31.9 Å². The van der Waals surface area contributed by atoms with Crippen molar-refractivity contribution >= 4 is 31.7 Å². The maximum Gasteiger partial charge on any atom is 0.335 e. The standard InChI is InChI=1S/C13H17BrO4S/c1-2-3-4-7-19(17,18)9-11-6-5-10(13(15)16)8-12(11)14/h5-6,8H,2-4,7,9H2,1H3,(H,15,16). The van der Waals surface area contributed by atoms with Crippen LogP contribution in [-0.2, 0) is 15.6 Å². The lowest BCUT2D eigenvalue weighted by molar-refractivity contribution is 0.0697. The first-order chi connectivity index (χ1) is 8.85. The molecule has 0 aliphatic heterocycles. The van der Waals surface area contributed by atoms with Crippen LogP contribution < -0.4 is 0 Å². The average Bonchev–Trinajstić information content (AvgIpc) is 2.31. The molecule has 1 N–H and O–H groups in total. The Bertz CT molecular complexity index is 552. The molecule has 1 aromatic carbocycles. The lowest BCUT2D eigenvalue weighted by Crippen LogP contribution is -2.10. The number of hydrogen-bond acceptors (Lipinski definition) is 3. The number of carbonyl (C=O) groups is 1. The smallest absolute Gasteiger partial charge is 0.335 e. The number of aromatic carboxylic acids is 1. The van der Waals surface area contributed by atoms with Gasteiger partial charge < -0.3 is 5.11 Å². The van der Waals surface area contributed by atoms with Crippen LogP contribution >= 0.6 is 15.9 Å². The normalized spacial score (nSPS) is 11.5. The van der Waals surface area contributed by atoms with Crippen molar-refractivity contribution in [1.29, 1.82) is 0 Å². The second-order valence-corrected chi connectivity index (χ2v) is 7.45. The van der Waals surface area contributed by atoms with Crippen LogP contribution in [-0.4, -0.2) is 25.2 Å². The molecular formula is C13H17BrO4S. The van der Waals surface area contributed by atoms with E-state index < -0.39 is 15.8 Å². The summed E-state index contributed by atoms with van der Waals surface area (Å²) in [6.07, 6.45) is 2.55. The van der Waals surface area contributed by atoms with Gasteiger partial charge in [-0.2, -0.15) is 0 Å². The number of rotatable bonds is 7. The fraction of sp³-hybridized carbons (Fsp3) is 0.462. The monoisotopic (exact) mass is 348 g/mol. The summed E-state index contributed by atoms with van der Waals surface area (Å²) in [5, 5.41) is 8.84. The van der Waals surface area contributed by atoms with Crippen molar-refractivity contribution in [2.75, 3.05) is 5.75 Å². The first kappa shape index (κ1) is 16.2. The van der Waals surface area contributed by atoms with Crippen molar-refractivity contribution < 1.29 is 18.3 Å². The molecule has 0 fully saturated rings. The number of carboxylic acids is 1. The van der Waals surface area contributed by atoms with E-state index >= 15 is 0 Å². The van der Waals surface area contributed by atoms with Gasteiger partial charge in [0.1, 0.15) is 0 Å². The first-order valence-electron chi connectivity index (χ1n) is 6.08. The topological polar surface area (TPSA) is 71.4 Å². The van der Waals surface area contributed by atoms with Crippen LogP contribution in [0.25, 0.3) is 0 Å². The molecule has 1 rings (SSSR count). The predicted octanol–water partition coefficient (Wildman–Crippen LogP) is 3.25. The van der Waals surface area contributed by atoms with E-state index in [4.69, 9.17) is 5.11 Å². The van der Waals surface area contributed by atoms with Crippen LogP contribution in [0.4, 0.5) is 0 Å². The molecule has 0 aliphatic rings. The van der Waals surface area contributed by atoms with Gasteiger partial charge in [0.05, 0.1) is 17.1 Å². The zero-order valence-electron chi connectivity index (χ0n) is 10.7. The number of sulfone groups is 1. The highest BCUT2D eigenvalue weighted by Gasteiger charge is 2.15. The van der Waals surface area contributed by atoms with Gasteiger partial charge in [0, 0.05) is 4.47 Å². The average molecular weight is 349 g/mol. The Labute approximate surface area is 121 Å². The number of unbranched alkanes of at least 4 members (excludes halogenated alkanes) is 2. The van der Waals surface area contributed by atoms with Gasteiger partial charge in [0.25, 0.3) is 0 Å². The molecule has 0 unspecified atom stereocenters. The maximum atomic E-state index is 11.9. The Morgan fingerprint density at radius 2 is 2.00 bits per heavy atom. The zero-order chi connectivity index (χ0) is 14.5. The quantitative estimate of drug-likeness (QED) is 0.767. The third-order valence-electron chi connectivity index (χ3n) is 2.73. The van der Waals surface area contributed by atoms with Crippen molar-refractivity contribution in [3.63, 3.8) is 0 Å². The van der Waals surface area contributed by atoms with Crippen LogP contribution in [0.15, 0.2) is 22.7 Å². The zero-order valence-corrected chi connectivity index (χ0v) is 13.1. The number of benzene rings is 1. The van der Waals surface area contributed by atoms with Gasteiger partial charge in [-0.05, 0) is 24.1 Å². The fourth-order valence-electron chi connectivity index (χ4n) is 1.68. The van der Waals surface area contributed by atoms with E-state index in [1.807, 2.05) is 6.92 Å². The van der Waals surface area contributed by atoms with Crippen molar-refractivity contribution in [3.05, 3.63) is 33.8 Å². The van der Waals surface area contributed by atoms with Crippen molar-refractivity contribution in [1.82, 2.24) is 0 Å². The molecule has 0 bridgehead atoms. The summed E-state index contributed by atoms with van der Waals surface area (Å²) in [6.45, 7) is 2.02. The van der Waals surface area contributed by atoms with E-state index in [2.05, 4.69) is 15.9 Å². The molecule has 4 nitrogen and oxygen atoms in total. The highest BCUT2D eigenvalue weighted by atomic mass is 79.9. The van der Waals surface area contributed by atoms with E-state index in [1.165, 1.54) is 12.1 Å². The highest BCUT2D eigenvalue weighted by Crippen LogP contribution is 2.21. The molecule has 0 heterocycles.